The molecule has 5 nitrogen and oxygen atoms in total. The minimum absolute atomic E-state index is 0.727. The van der Waals surface area contributed by atoms with E-state index in [4.69, 9.17) is 10.5 Å². The smallest absolute Gasteiger partial charge is 0.191 e. The lowest BCUT2D eigenvalue weighted by Gasteiger charge is -2.08. The molecule has 0 bridgehead atoms. The number of fused-ring (bicyclic) bond motifs is 1. The molecule has 0 saturated heterocycles. The number of thioether (sulfide) groups is 1. The lowest BCUT2D eigenvalue weighted by atomic mass is 10.2. The number of aromatic nitrogens is 3. The van der Waals surface area contributed by atoms with Crippen molar-refractivity contribution < 1.29 is 4.74 Å². The Kier molecular flexibility index (Phi) is 4.34. The number of hydrogen-bond donors (Lipinski definition) is 1. The monoisotopic (exact) mass is 304 g/mol. The van der Waals surface area contributed by atoms with E-state index in [9.17, 15) is 0 Å². The minimum atomic E-state index is 0.727. The Morgan fingerprint density at radius 2 is 2.14 bits per heavy atom. The normalized spacial score (nSPS) is 14.5. The second-order valence-electron chi connectivity index (χ2n) is 5.26. The van der Waals surface area contributed by atoms with E-state index in [-0.39, 0.29) is 0 Å². The molecular weight excluding hydrogens is 284 g/mol. The van der Waals surface area contributed by atoms with Crippen LogP contribution in [0.15, 0.2) is 23.4 Å². The van der Waals surface area contributed by atoms with Gasteiger partial charge in [-0.25, -0.2) is 0 Å². The molecule has 1 aromatic heterocycles. The number of hydrogen-bond acceptors (Lipinski definition) is 5. The van der Waals surface area contributed by atoms with Crippen molar-refractivity contribution in [2.45, 2.75) is 43.1 Å². The van der Waals surface area contributed by atoms with Gasteiger partial charge in [0.15, 0.2) is 5.16 Å². The van der Waals surface area contributed by atoms with Crippen LogP contribution >= 0.6 is 11.8 Å². The number of aryl methyl sites for hydroxylation is 1. The molecule has 2 aromatic rings. The van der Waals surface area contributed by atoms with Crippen LogP contribution in [-0.4, -0.2) is 21.9 Å². The zero-order valence-electron chi connectivity index (χ0n) is 12.2. The SMILES string of the molecule is COc1cc(N)cc(CSc2nnc3n2CCCCC3)c1. The fourth-order valence-corrected chi connectivity index (χ4v) is 3.51. The molecule has 2 N–H and O–H groups in total. The molecule has 1 aromatic carbocycles. The van der Waals surface area contributed by atoms with Crippen molar-refractivity contribution in [1.29, 1.82) is 0 Å². The van der Waals surface area contributed by atoms with Crippen molar-refractivity contribution in [2.75, 3.05) is 12.8 Å². The summed E-state index contributed by atoms with van der Waals surface area (Å²) in [6.45, 7) is 1.03. The van der Waals surface area contributed by atoms with E-state index < -0.39 is 0 Å². The van der Waals surface area contributed by atoms with Gasteiger partial charge >= 0.3 is 0 Å². The highest BCUT2D eigenvalue weighted by atomic mass is 32.2. The van der Waals surface area contributed by atoms with Crippen molar-refractivity contribution in [2.24, 2.45) is 0 Å². The van der Waals surface area contributed by atoms with Gasteiger partial charge in [0.05, 0.1) is 7.11 Å². The van der Waals surface area contributed by atoms with Gasteiger partial charge in [0.25, 0.3) is 0 Å². The molecule has 0 amide bonds. The zero-order chi connectivity index (χ0) is 14.7. The molecule has 0 saturated carbocycles. The Labute approximate surface area is 128 Å². The van der Waals surface area contributed by atoms with E-state index in [1.54, 1.807) is 18.9 Å². The van der Waals surface area contributed by atoms with Crippen LogP contribution in [0, 0.1) is 0 Å². The van der Waals surface area contributed by atoms with Crippen LogP contribution < -0.4 is 10.5 Å². The maximum atomic E-state index is 5.89. The number of methoxy groups -OCH3 is 1. The third-order valence-electron chi connectivity index (χ3n) is 3.67. The summed E-state index contributed by atoms with van der Waals surface area (Å²) in [5.74, 6) is 2.74. The van der Waals surface area contributed by atoms with E-state index in [1.807, 2.05) is 18.2 Å². The molecule has 0 aliphatic carbocycles. The number of rotatable bonds is 4. The fraction of sp³-hybridized carbons (Fsp3) is 0.467. The van der Waals surface area contributed by atoms with Crippen molar-refractivity contribution in [3.8, 4) is 5.75 Å². The van der Waals surface area contributed by atoms with Gasteiger partial charge in [-0.2, -0.15) is 0 Å². The van der Waals surface area contributed by atoms with Gasteiger partial charge in [-0.05, 0) is 30.5 Å². The zero-order valence-corrected chi connectivity index (χ0v) is 13.0. The third kappa shape index (κ3) is 3.32. The second-order valence-corrected chi connectivity index (χ2v) is 6.21. The number of nitrogens with zero attached hydrogens (tertiary/aromatic N) is 3. The molecule has 21 heavy (non-hydrogen) atoms. The Bertz CT molecular complexity index is 626. The summed E-state index contributed by atoms with van der Waals surface area (Å²) in [6, 6.07) is 5.83. The average Bonchev–Trinajstić information content (AvgIpc) is 2.71. The summed E-state index contributed by atoms with van der Waals surface area (Å²) < 4.78 is 7.52. The van der Waals surface area contributed by atoms with Gasteiger partial charge in [-0.1, -0.05) is 18.2 Å². The summed E-state index contributed by atoms with van der Waals surface area (Å²) >= 11 is 1.71. The summed E-state index contributed by atoms with van der Waals surface area (Å²) in [5.41, 5.74) is 7.76. The first-order valence-electron chi connectivity index (χ1n) is 7.24. The van der Waals surface area contributed by atoms with Gasteiger partial charge in [0, 0.05) is 30.5 Å². The summed E-state index contributed by atoms with van der Waals surface area (Å²) in [4.78, 5) is 0. The van der Waals surface area contributed by atoms with Crippen molar-refractivity contribution in [3.05, 3.63) is 29.6 Å². The fourth-order valence-electron chi connectivity index (χ4n) is 2.60. The Morgan fingerprint density at radius 1 is 1.24 bits per heavy atom. The number of ether oxygens (including phenoxy) is 1. The molecule has 0 unspecified atom stereocenters. The van der Waals surface area contributed by atoms with E-state index in [0.29, 0.717) is 0 Å². The van der Waals surface area contributed by atoms with Crippen LogP contribution in [0.1, 0.15) is 30.7 Å². The van der Waals surface area contributed by atoms with Gasteiger partial charge in [0.1, 0.15) is 11.6 Å². The Balaban J connectivity index is 1.73. The largest absolute Gasteiger partial charge is 0.497 e. The molecule has 1 aliphatic heterocycles. The maximum Gasteiger partial charge on any atom is 0.191 e. The number of benzene rings is 1. The van der Waals surface area contributed by atoms with Crippen molar-refractivity contribution in [3.63, 3.8) is 0 Å². The molecule has 1 aliphatic rings. The predicted molar refractivity (Wildman–Crippen MR) is 84.5 cm³/mol. The summed E-state index contributed by atoms with van der Waals surface area (Å²) in [5, 5.41) is 9.66. The summed E-state index contributed by atoms with van der Waals surface area (Å²) in [6.07, 6.45) is 4.75. The number of nitrogens with two attached hydrogens (primary N) is 1. The standard InChI is InChI=1S/C15H20N4OS/c1-20-13-8-11(7-12(16)9-13)10-21-15-18-17-14-5-3-2-4-6-19(14)15/h7-9H,2-6,10,16H2,1H3. The lowest BCUT2D eigenvalue weighted by Crippen LogP contribution is -2.02. The lowest BCUT2D eigenvalue weighted by molar-refractivity contribution is 0.414. The molecule has 2 heterocycles. The van der Waals surface area contributed by atoms with Crippen molar-refractivity contribution >= 4 is 17.4 Å². The highest BCUT2D eigenvalue weighted by molar-refractivity contribution is 7.98. The van der Waals surface area contributed by atoms with E-state index >= 15 is 0 Å². The third-order valence-corrected chi connectivity index (χ3v) is 4.71. The first kappa shape index (κ1) is 14.3. The molecule has 0 fully saturated rings. The molecule has 6 heteroatoms. The Morgan fingerprint density at radius 3 is 3.00 bits per heavy atom. The van der Waals surface area contributed by atoms with Crippen LogP contribution in [0.3, 0.4) is 0 Å². The average molecular weight is 304 g/mol. The highest BCUT2D eigenvalue weighted by Gasteiger charge is 2.15. The van der Waals surface area contributed by atoms with Gasteiger partial charge in [0.2, 0.25) is 0 Å². The number of nitrogen functional groups attached to an aromatic ring is 1. The van der Waals surface area contributed by atoms with Crippen LogP contribution in [0.4, 0.5) is 5.69 Å². The first-order valence-corrected chi connectivity index (χ1v) is 8.23. The predicted octanol–water partition coefficient (Wildman–Crippen LogP) is 2.89. The van der Waals surface area contributed by atoms with E-state index in [2.05, 4.69) is 14.8 Å². The molecule has 3 rings (SSSR count). The Hall–Kier alpha value is -1.69. The van der Waals surface area contributed by atoms with Crippen LogP contribution in [0.25, 0.3) is 0 Å². The number of anilines is 1. The first-order chi connectivity index (χ1) is 10.3. The second kappa shape index (κ2) is 6.39. The molecule has 0 atom stereocenters. The van der Waals surface area contributed by atoms with Gasteiger partial charge < -0.3 is 15.0 Å². The minimum Gasteiger partial charge on any atom is -0.497 e. The molecular formula is C15H20N4OS. The molecule has 0 spiro atoms. The molecule has 112 valence electrons. The maximum absolute atomic E-state index is 5.89. The van der Waals surface area contributed by atoms with Gasteiger partial charge in [-0.15, -0.1) is 10.2 Å². The van der Waals surface area contributed by atoms with Crippen LogP contribution in [-0.2, 0) is 18.7 Å². The van der Waals surface area contributed by atoms with Crippen LogP contribution in [0.2, 0.25) is 0 Å². The topological polar surface area (TPSA) is 66.0 Å². The van der Waals surface area contributed by atoms with E-state index in [0.717, 1.165) is 46.7 Å². The highest BCUT2D eigenvalue weighted by Crippen LogP contribution is 2.27. The van der Waals surface area contributed by atoms with Crippen molar-refractivity contribution in [1.82, 2.24) is 14.8 Å². The summed E-state index contributed by atoms with van der Waals surface area (Å²) in [7, 11) is 1.66. The van der Waals surface area contributed by atoms with E-state index in [1.165, 1.54) is 19.3 Å². The van der Waals surface area contributed by atoms with Crippen LogP contribution in [0.5, 0.6) is 5.75 Å². The van der Waals surface area contributed by atoms with Gasteiger partial charge in [-0.3, -0.25) is 0 Å². The molecule has 0 radical (unpaired) electrons. The quantitative estimate of drug-likeness (QED) is 0.695.